The Kier molecular flexibility index (Phi) is 4.85. The van der Waals surface area contributed by atoms with E-state index in [2.05, 4.69) is 20.5 Å². The lowest BCUT2D eigenvalue weighted by Crippen LogP contribution is -2.07. The highest BCUT2D eigenvalue weighted by Gasteiger charge is 2.10. The number of aromatic amines is 1. The van der Waals surface area contributed by atoms with E-state index in [1.54, 1.807) is 6.20 Å². The molecule has 0 radical (unpaired) electrons. The van der Waals surface area contributed by atoms with Gasteiger partial charge in [0.15, 0.2) is 0 Å². The fraction of sp³-hybridized carbons (Fsp3) is 0.0909. The van der Waals surface area contributed by atoms with Crippen molar-refractivity contribution >= 4 is 28.7 Å². The van der Waals surface area contributed by atoms with Crippen LogP contribution in [0.15, 0.2) is 60.8 Å². The normalized spacial score (nSPS) is 12.5. The number of hydrogen-bond acceptors (Lipinski definition) is 3. The summed E-state index contributed by atoms with van der Waals surface area (Å²) >= 11 is 0. The number of H-pyrrole nitrogens is 1. The van der Waals surface area contributed by atoms with E-state index >= 15 is 0 Å². The van der Waals surface area contributed by atoms with Gasteiger partial charge in [-0.1, -0.05) is 6.07 Å². The van der Waals surface area contributed by atoms with Crippen molar-refractivity contribution in [2.75, 3.05) is 5.32 Å². The molecule has 0 aliphatic rings. The zero-order valence-electron chi connectivity index (χ0n) is 15.2. The largest absolute Gasteiger partial charge is 0.378 e. The van der Waals surface area contributed by atoms with Gasteiger partial charge in [-0.2, -0.15) is 5.10 Å². The van der Waals surface area contributed by atoms with E-state index in [1.807, 2.05) is 55.5 Å². The fourth-order valence-corrected chi connectivity index (χ4v) is 3.05. The third kappa shape index (κ3) is 3.91. The molecule has 2 aromatic carbocycles. The third-order valence-electron chi connectivity index (χ3n) is 4.46. The third-order valence-corrected chi connectivity index (χ3v) is 4.46. The number of anilines is 1. The topological polar surface area (TPSA) is 53.6 Å². The van der Waals surface area contributed by atoms with Crippen LogP contribution in [-0.4, -0.2) is 15.2 Å². The molecular weight excluding hydrogens is 358 g/mol. The van der Waals surface area contributed by atoms with Gasteiger partial charge >= 0.3 is 0 Å². The standard InChI is InChI=1S/C22H18F2N4/c1-14(15-10-16(23)12-17(24)11-15)26-19-6-8-22-20(13-19)21(27-28-22)7-5-18-4-2-3-9-25-18/h2-14,26H,1H3,(H,27,28)/b7-5+. The summed E-state index contributed by atoms with van der Waals surface area (Å²) in [5, 5.41) is 11.6. The number of aromatic nitrogens is 3. The summed E-state index contributed by atoms with van der Waals surface area (Å²) in [4.78, 5) is 4.27. The van der Waals surface area contributed by atoms with Crippen LogP contribution in [0.5, 0.6) is 0 Å². The Morgan fingerprint density at radius 1 is 1.00 bits per heavy atom. The van der Waals surface area contributed by atoms with E-state index in [1.165, 1.54) is 12.1 Å². The molecule has 1 unspecified atom stereocenters. The Bertz CT molecular complexity index is 1120. The predicted octanol–water partition coefficient (Wildman–Crippen LogP) is 5.58. The molecule has 0 spiro atoms. The maximum absolute atomic E-state index is 13.5. The van der Waals surface area contributed by atoms with Crippen LogP contribution in [0.2, 0.25) is 0 Å². The summed E-state index contributed by atoms with van der Waals surface area (Å²) in [6.07, 6.45) is 5.57. The molecule has 1 atom stereocenters. The fourth-order valence-electron chi connectivity index (χ4n) is 3.05. The SMILES string of the molecule is CC(Nc1ccc2n[nH]c(/C=C/c3ccccn3)c2c1)c1cc(F)cc(F)c1. The van der Waals surface area contributed by atoms with Gasteiger partial charge in [0.1, 0.15) is 11.6 Å². The minimum atomic E-state index is -0.587. The van der Waals surface area contributed by atoms with Crippen LogP contribution in [0, 0.1) is 11.6 Å². The van der Waals surface area contributed by atoms with Crippen LogP contribution in [0.1, 0.15) is 29.9 Å². The van der Waals surface area contributed by atoms with Gasteiger partial charge in [-0.15, -0.1) is 0 Å². The van der Waals surface area contributed by atoms with Crippen molar-refractivity contribution in [2.24, 2.45) is 0 Å². The van der Waals surface area contributed by atoms with Gasteiger partial charge in [0, 0.05) is 29.4 Å². The van der Waals surface area contributed by atoms with E-state index < -0.39 is 11.6 Å². The molecule has 0 amide bonds. The van der Waals surface area contributed by atoms with Crippen molar-refractivity contribution < 1.29 is 8.78 Å². The molecule has 4 aromatic rings. The molecule has 28 heavy (non-hydrogen) atoms. The lowest BCUT2D eigenvalue weighted by molar-refractivity contribution is 0.577. The lowest BCUT2D eigenvalue weighted by atomic mass is 10.1. The first-order chi connectivity index (χ1) is 13.6. The molecule has 4 rings (SSSR count). The molecule has 4 nitrogen and oxygen atoms in total. The minimum absolute atomic E-state index is 0.262. The number of rotatable bonds is 5. The summed E-state index contributed by atoms with van der Waals surface area (Å²) in [6.45, 7) is 1.86. The van der Waals surface area contributed by atoms with Crippen LogP contribution in [0.25, 0.3) is 23.1 Å². The monoisotopic (exact) mass is 376 g/mol. The van der Waals surface area contributed by atoms with Gasteiger partial charge < -0.3 is 5.32 Å². The Hall–Kier alpha value is -3.54. The zero-order chi connectivity index (χ0) is 19.5. The Balaban J connectivity index is 1.59. The molecule has 0 aliphatic carbocycles. The van der Waals surface area contributed by atoms with Crippen LogP contribution in [-0.2, 0) is 0 Å². The second-order valence-electron chi connectivity index (χ2n) is 6.53. The van der Waals surface area contributed by atoms with Crippen molar-refractivity contribution in [1.82, 2.24) is 15.2 Å². The van der Waals surface area contributed by atoms with Gasteiger partial charge in [-0.3, -0.25) is 10.1 Å². The van der Waals surface area contributed by atoms with Gasteiger partial charge in [-0.25, -0.2) is 8.78 Å². The van der Waals surface area contributed by atoms with E-state index in [9.17, 15) is 8.78 Å². The summed E-state index contributed by atoms with van der Waals surface area (Å²) in [5.41, 5.74) is 3.91. The molecule has 6 heteroatoms. The highest BCUT2D eigenvalue weighted by atomic mass is 19.1. The number of hydrogen-bond donors (Lipinski definition) is 2. The average molecular weight is 376 g/mol. The Morgan fingerprint density at radius 3 is 2.57 bits per heavy atom. The molecule has 140 valence electrons. The number of nitrogens with zero attached hydrogens (tertiary/aromatic N) is 2. The van der Waals surface area contributed by atoms with Crippen molar-refractivity contribution in [1.29, 1.82) is 0 Å². The molecule has 0 fully saturated rings. The van der Waals surface area contributed by atoms with Crippen molar-refractivity contribution in [3.8, 4) is 0 Å². The van der Waals surface area contributed by atoms with Crippen molar-refractivity contribution in [2.45, 2.75) is 13.0 Å². The number of nitrogens with one attached hydrogen (secondary N) is 2. The van der Waals surface area contributed by atoms with Crippen molar-refractivity contribution in [3.63, 3.8) is 0 Å². The van der Waals surface area contributed by atoms with Gasteiger partial charge in [0.2, 0.25) is 0 Å². The van der Waals surface area contributed by atoms with Gasteiger partial charge in [0.05, 0.1) is 16.9 Å². The maximum atomic E-state index is 13.5. The van der Waals surface area contributed by atoms with Crippen LogP contribution in [0.3, 0.4) is 0 Å². The highest BCUT2D eigenvalue weighted by molar-refractivity contribution is 5.91. The Morgan fingerprint density at radius 2 is 1.82 bits per heavy atom. The van der Waals surface area contributed by atoms with Crippen LogP contribution < -0.4 is 5.32 Å². The maximum Gasteiger partial charge on any atom is 0.126 e. The van der Waals surface area contributed by atoms with Gasteiger partial charge in [0.25, 0.3) is 0 Å². The summed E-state index contributed by atoms with van der Waals surface area (Å²) < 4.78 is 27.0. The first-order valence-corrected chi connectivity index (χ1v) is 8.88. The highest BCUT2D eigenvalue weighted by Crippen LogP contribution is 2.26. The van der Waals surface area contributed by atoms with Crippen molar-refractivity contribution in [3.05, 3.63) is 89.4 Å². The minimum Gasteiger partial charge on any atom is -0.378 e. The second-order valence-corrected chi connectivity index (χ2v) is 6.53. The summed E-state index contributed by atoms with van der Waals surface area (Å²) in [6, 6.07) is 14.7. The summed E-state index contributed by atoms with van der Waals surface area (Å²) in [5.74, 6) is -1.17. The molecule has 0 saturated heterocycles. The molecule has 2 N–H and O–H groups in total. The number of pyridine rings is 1. The molecule has 2 heterocycles. The lowest BCUT2D eigenvalue weighted by Gasteiger charge is -2.16. The van der Waals surface area contributed by atoms with Crippen LogP contribution >= 0.6 is 0 Å². The molecule has 0 saturated carbocycles. The van der Waals surface area contributed by atoms with E-state index in [-0.39, 0.29) is 6.04 Å². The van der Waals surface area contributed by atoms with Crippen LogP contribution in [0.4, 0.5) is 14.5 Å². The number of benzene rings is 2. The molecule has 2 aromatic heterocycles. The molecule has 0 bridgehead atoms. The quantitative estimate of drug-likeness (QED) is 0.478. The van der Waals surface area contributed by atoms with E-state index in [0.717, 1.165) is 34.0 Å². The Labute approximate surface area is 160 Å². The predicted molar refractivity (Wildman–Crippen MR) is 108 cm³/mol. The van der Waals surface area contributed by atoms with Gasteiger partial charge in [-0.05, 0) is 67.1 Å². The molecule has 0 aliphatic heterocycles. The van der Waals surface area contributed by atoms with E-state index in [0.29, 0.717) is 5.56 Å². The number of halogens is 2. The molecular formula is C22H18F2N4. The average Bonchev–Trinajstić information content (AvgIpc) is 3.09. The van der Waals surface area contributed by atoms with E-state index in [4.69, 9.17) is 0 Å². The summed E-state index contributed by atoms with van der Waals surface area (Å²) in [7, 11) is 0. The first-order valence-electron chi connectivity index (χ1n) is 8.88. The number of fused-ring (bicyclic) bond motifs is 1. The smallest absolute Gasteiger partial charge is 0.126 e. The first kappa shape index (κ1) is 17.9. The zero-order valence-corrected chi connectivity index (χ0v) is 15.2. The second kappa shape index (κ2) is 7.60.